The van der Waals surface area contributed by atoms with Gasteiger partial charge in [0, 0.05) is 49.6 Å². The van der Waals surface area contributed by atoms with Crippen LogP contribution in [0.25, 0.3) is 0 Å². The summed E-state index contributed by atoms with van der Waals surface area (Å²) in [5, 5.41) is 6.16. The number of benzene rings is 2. The zero-order chi connectivity index (χ0) is 40.5. The lowest BCUT2D eigenvalue weighted by atomic mass is 9.87. The molecule has 2 aromatic carbocycles. The van der Waals surface area contributed by atoms with Crippen LogP contribution in [0.15, 0.2) is 60.7 Å². The van der Waals surface area contributed by atoms with Crippen molar-refractivity contribution in [1.29, 1.82) is 0 Å². The minimum atomic E-state index is -0.804. The molecule has 1 aliphatic heterocycles. The molecule has 0 bridgehead atoms. The predicted molar refractivity (Wildman–Crippen MR) is 222 cm³/mol. The molecule has 9 nitrogen and oxygen atoms in total. The zero-order valence-corrected chi connectivity index (χ0v) is 34.9. The number of nitrogens with one attached hydrogen (secondary N) is 2. The Balaban J connectivity index is 1.45. The molecule has 0 radical (unpaired) electrons. The van der Waals surface area contributed by atoms with E-state index in [1.807, 2.05) is 95.3 Å². The molecule has 1 saturated carbocycles. The van der Waals surface area contributed by atoms with E-state index in [4.69, 9.17) is 4.74 Å². The molecule has 0 aromatic heterocycles. The van der Waals surface area contributed by atoms with Gasteiger partial charge in [-0.3, -0.25) is 28.9 Å². The quantitative estimate of drug-likeness (QED) is 0.0961. The number of ether oxygens (including phenoxy) is 1. The molecule has 4 atom stereocenters. The Hall–Kier alpha value is -3.69. The summed E-state index contributed by atoms with van der Waals surface area (Å²) in [5.74, 6) is -1.66. The van der Waals surface area contributed by atoms with Crippen molar-refractivity contribution < 1.29 is 28.7 Å². The first-order valence-electron chi connectivity index (χ1n) is 21.4. The number of hydrogen-bond acceptors (Lipinski definition) is 7. The summed E-state index contributed by atoms with van der Waals surface area (Å²) in [6.07, 6.45) is 7.34. The van der Waals surface area contributed by atoms with Gasteiger partial charge in [-0.05, 0) is 87.3 Å². The number of carbonyl (C=O) groups excluding carboxylic acids is 5. The molecular formula is C47H69N3O6. The number of rotatable bonds is 26. The van der Waals surface area contributed by atoms with E-state index in [-0.39, 0.29) is 53.8 Å². The summed E-state index contributed by atoms with van der Waals surface area (Å²) < 4.78 is 5.44. The maximum absolute atomic E-state index is 14.3. The van der Waals surface area contributed by atoms with Crippen LogP contribution in [0.2, 0.25) is 0 Å². The topological polar surface area (TPSA) is 122 Å². The summed E-state index contributed by atoms with van der Waals surface area (Å²) in [6.45, 7) is 14.5. The van der Waals surface area contributed by atoms with Gasteiger partial charge >= 0.3 is 0 Å². The Morgan fingerprint density at radius 3 is 1.89 bits per heavy atom. The third-order valence-electron chi connectivity index (χ3n) is 11.5. The largest absolute Gasteiger partial charge is 0.379 e. The van der Waals surface area contributed by atoms with E-state index >= 15 is 0 Å². The summed E-state index contributed by atoms with van der Waals surface area (Å²) in [7, 11) is 0. The molecule has 9 heteroatoms. The number of Topliss-reactive ketones (excluding diaryl/α,β-unsaturated/α-hetero) is 3. The minimum Gasteiger partial charge on any atom is -0.379 e. The number of nitrogens with zero attached hydrogens (tertiary/aromatic N) is 1. The van der Waals surface area contributed by atoms with Crippen LogP contribution in [-0.4, -0.2) is 79.0 Å². The fourth-order valence-electron chi connectivity index (χ4n) is 7.77. The van der Waals surface area contributed by atoms with Gasteiger partial charge < -0.3 is 15.4 Å². The Kier molecular flexibility index (Phi) is 18.4. The van der Waals surface area contributed by atoms with E-state index in [1.54, 1.807) is 0 Å². The second-order valence-corrected chi connectivity index (χ2v) is 17.6. The van der Waals surface area contributed by atoms with Crippen molar-refractivity contribution in [2.75, 3.05) is 32.8 Å². The molecular weight excluding hydrogens is 703 g/mol. The molecule has 56 heavy (non-hydrogen) atoms. The summed E-state index contributed by atoms with van der Waals surface area (Å²) in [6, 6.07) is 18.2. The SMILES string of the molecule is CC(C)CC(NC(=O)[C@H](CCc1ccccc1)CC(=O)CCCCCN1CCOCC1)C(=O)C[C@@H](Cc1ccccc1)C(=O)NC(CC(C)C)C(=O)C1(C)CC1. The Morgan fingerprint density at radius 1 is 0.714 bits per heavy atom. The first-order chi connectivity index (χ1) is 26.8. The predicted octanol–water partition coefficient (Wildman–Crippen LogP) is 7.34. The molecule has 2 aromatic rings. The van der Waals surface area contributed by atoms with Crippen molar-refractivity contribution in [2.45, 2.75) is 130 Å². The number of hydrogen-bond donors (Lipinski definition) is 2. The molecule has 308 valence electrons. The minimum absolute atomic E-state index is 0.0679. The highest BCUT2D eigenvalue weighted by atomic mass is 16.5. The number of carbonyl (C=O) groups is 5. The standard InChI is InChI=1S/C47H69N3O6/c1-34(2)29-41(43(52)33-39(31-37-17-11-7-12-18-37)46(55)49-42(30-35(3)4)44(53)47(5)22-23-47)48-45(54)38(21-20-36-15-9-6-10-16-36)32-40(51)19-13-8-14-24-50-25-27-56-28-26-50/h6-7,9-12,15-18,34-35,38-39,41-42H,8,13-14,19-33H2,1-5H3,(H,48,54)(H,49,55)/t38-,39-,41?,42?/m1/s1. The zero-order valence-electron chi connectivity index (χ0n) is 34.9. The van der Waals surface area contributed by atoms with Crippen molar-refractivity contribution in [3.8, 4) is 0 Å². The van der Waals surface area contributed by atoms with Gasteiger partial charge in [0.2, 0.25) is 11.8 Å². The molecule has 2 aliphatic rings. The Morgan fingerprint density at radius 2 is 1.29 bits per heavy atom. The lowest BCUT2D eigenvalue weighted by Crippen LogP contribution is -2.49. The lowest BCUT2D eigenvalue weighted by molar-refractivity contribution is -0.135. The average Bonchev–Trinajstić information content (AvgIpc) is 3.94. The Bertz CT molecular complexity index is 1530. The van der Waals surface area contributed by atoms with Crippen LogP contribution in [0.5, 0.6) is 0 Å². The van der Waals surface area contributed by atoms with Crippen molar-refractivity contribution in [3.63, 3.8) is 0 Å². The summed E-state index contributed by atoms with van der Waals surface area (Å²) >= 11 is 0. The molecule has 2 unspecified atom stereocenters. The van der Waals surface area contributed by atoms with E-state index < -0.39 is 29.3 Å². The van der Waals surface area contributed by atoms with Gasteiger partial charge in [0.1, 0.15) is 5.78 Å². The number of ketones is 3. The fraction of sp³-hybridized carbons (Fsp3) is 0.638. The van der Waals surface area contributed by atoms with E-state index in [0.29, 0.717) is 38.5 Å². The maximum Gasteiger partial charge on any atom is 0.224 e. The second-order valence-electron chi connectivity index (χ2n) is 17.6. The van der Waals surface area contributed by atoms with Gasteiger partial charge in [0.25, 0.3) is 0 Å². The third kappa shape index (κ3) is 15.7. The van der Waals surface area contributed by atoms with Crippen LogP contribution in [-0.2, 0) is 41.6 Å². The third-order valence-corrected chi connectivity index (χ3v) is 11.5. The van der Waals surface area contributed by atoms with Crippen molar-refractivity contribution in [2.24, 2.45) is 29.1 Å². The second kappa shape index (κ2) is 22.9. The highest BCUT2D eigenvalue weighted by Gasteiger charge is 2.48. The van der Waals surface area contributed by atoms with Crippen LogP contribution in [0.4, 0.5) is 0 Å². The van der Waals surface area contributed by atoms with Crippen molar-refractivity contribution >= 4 is 29.2 Å². The van der Waals surface area contributed by atoms with Crippen LogP contribution in [0.1, 0.15) is 116 Å². The summed E-state index contributed by atoms with van der Waals surface area (Å²) in [4.78, 5) is 71.8. The monoisotopic (exact) mass is 772 g/mol. The molecule has 0 spiro atoms. The lowest BCUT2D eigenvalue weighted by Gasteiger charge is -2.27. The fourth-order valence-corrected chi connectivity index (χ4v) is 7.77. The van der Waals surface area contributed by atoms with Gasteiger partial charge in [-0.2, -0.15) is 0 Å². The van der Waals surface area contributed by atoms with E-state index in [9.17, 15) is 24.0 Å². The number of unbranched alkanes of at least 4 members (excludes halogenated alkanes) is 2. The van der Waals surface area contributed by atoms with Gasteiger partial charge in [-0.1, -0.05) is 102 Å². The highest BCUT2D eigenvalue weighted by Crippen LogP contribution is 2.47. The first kappa shape index (κ1) is 45.0. The van der Waals surface area contributed by atoms with Crippen LogP contribution in [0.3, 0.4) is 0 Å². The smallest absolute Gasteiger partial charge is 0.224 e. The van der Waals surface area contributed by atoms with Gasteiger partial charge in [-0.25, -0.2) is 0 Å². The molecule has 1 aliphatic carbocycles. The first-order valence-corrected chi connectivity index (χ1v) is 21.4. The maximum atomic E-state index is 14.3. The Labute approximate surface area is 336 Å². The van der Waals surface area contributed by atoms with E-state index in [2.05, 4.69) is 15.5 Å². The molecule has 2 amide bonds. The van der Waals surface area contributed by atoms with Crippen LogP contribution in [0, 0.1) is 29.1 Å². The molecule has 2 fully saturated rings. The van der Waals surface area contributed by atoms with E-state index in [1.165, 1.54) is 0 Å². The van der Waals surface area contributed by atoms with Gasteiger partial charge in [-0.15, -0.1) is 0 Å². The molecule has 1 saturated heterocycles. The molecule has 2 N–H and O–H groups in total. The molecule has 4 rings (SSSR count). The van der Waals surface area contributed by atoms with Crippen LogP contribution < -0.4 is 10.6 Å². The summed E-state index contributed by atoms with van der Waals surface area (Å²) in [5.41, 5.74) is 1.62. The van der Waals surface area contributed by atoms with Crippen LogP contribution >= 0.6 is 0 Å². The van der Waals surface area contributed by atoms with Gasteiger partial charge in [0.05, 0.1) is 25.3 Å². The number of morpholine rings is 1. The molecule has 1 heterocycles. The number of aryl methyl sites for hydroxylation is 1. The highest BCUT2D eigenvalue weighted by molar-refractivity contribution is 5.97. The normalized spacial score (nSPS) is 17.5. The van der Waals surface area contributed by atoms with Gasteiger partial charge in [0.15, 0.2) is 11.6 Å². The van der Waals surface area contributed by atoms with Crippen molar-refractivity contribution in [3.05, 3.63) is 71.8 Å². The average molecular weight is 772 g/mol. The van der Waals surface area contributed by atoms with Crippen molar-refractivity contribution in [1.82, 2.24) is 15.5 Å². The number of amides is 2. The van der Waals surface area contributed by atoms with E-state index in [0.717, 1.165) is 76.1 Å².